The summed E-state index contributed by atoms with van der Waals surface area (Å²) < 4.78 is 0. The number of hydrogen-bond donors (Lipinski definition) is 0. The molecule has 165 valence electrons. The molecule has 0 bridgehead atoms. The molecule has 0 fully saturated rings. The molecule has 1 radical (unpaired) electrons. The van der Waals surface area contributed by atoms with Gasteiger partial charge in [0.05, 0.1) is 0 Å². The van der Waals surface area contributed by atoms with Gasteiger partial charge in [0.15, 0.2) is 0 Å². The Morgan fingerprint density at radius 2 is 0.333 bits per heavy atom. The zero-order valence-corrected chi connectivity index (χ0v) is 30.8. The summed E-state index contributed by atoms with van der Waals surface area (Å²) in [6.45, 7) is 45.5. The third kappa shape index (κ3) is 13.8. The Labute approximate surface area is 222 Å². The molecule has 0 nitrogen and oxygen atoms in total. The molecule has 0 spiro atoms. The van der Waals surface area contributed by atoms with E-state index in [-0.39, 0.29) is 49.4 Å². The molecule has 0 aliphatic heterocycles. The molecule has 0 aromatic heterocycles. The molecule has 0 aromatic carbocycles. The van der Waals surface area contributed by atoms with Crippen LogP contribution in [0, 0.1) is 59.0 Å². The van der Waals surface area contributed by atoms with Crippen molar-refractivity contribution >= 4 is 48.4 Å². The maximum atomic E-state index is 2.53. The largest absolute Gasteiger partial charge is 2.00 e. The van der Waals surface area contributed by atoms with Gasteiger partial charge in [-0.25, -0.2) is 0 Å². The van der Waals surface area contributed by atoms with Crippen LogP contribution in [0.3, 0.4) is 0 Å². The minimum absolute atomic E-state index is 0. The summed E-state index contributed by atoms with van der Waals surface area (Å²) in [4.78, 5) is 4.12. The van der Waals surface area contributed by atoms with Crippen LogP contribution in [0.15, 0.2) is 0 Å². The van der Waals surface area contributed by atoms with Gasteiger partial charge >= 0.3 is 49.4 Å². The van der Waals surface area contributed by atoms with Crippen molar-refractivity contribution in [2.45, 2.75) is 118 Å². The molecule has 0 aliphatic carbocycles. The molecule has 0 rings (SSSR count). The first kappa shape index (κ1) is 34.5. The van der Waals surface area contributed by atoms with Crippen molar-refractivity contribution in [2.75, 3.05) is 0 Å². The number of hydrogen-bond acceptors (Lipinski definition) is 0. The molecular weight excluding hydrogens is 561 g/mol. The van der Waals surface area contributed by atoms with Crippen LogP contribution in [0.2, 0.25) is 118 Å². The summed E-state index contributed by atoms with van der Waals surface area (Å²) in [6.07, 6.45) is 0. The van der Waals surface area contributed by atoms with Gasteiger partial charge in [0.2, 0.25) is 0 Å². The van der Waals surface area contributed by atoms with Gasteiger partial charge in [-0.3, -0.25) is 0 Å². The first-order chi connectivity index (χ1) is 10.7. The Morgan fingerprint density at radius 3 is 0.333 bits per heavy atom. The minimum Gasteiger partial charge on any atom is -0.311 e. The Morgan fingerprint density at radius 1 is 0.259 bits per heavy atom. The Bertz CT molecular complexity index is 314. The Balaban J connectivity index is -0.000000411. The van der Waals surface area contributed by atoms with Gasteiger partial charge in [0.1, 0.15) is 0 Å². The fourth-order valence-corrected chi connectivity index (χ4v) is 60.8. The predicted octanol–water partition coefficient (Wildman–Crippen LogP) is 8.39. The van der Waals surface area contributed by atoms with E-state index in [4.69, 9.17) is 0 Å². The van der Waals surface area contributed by atoms with E-state index in [2.05, 4.69) is 127 Å². The van der Waals surface area contributed by atoms with E-state index in [1.807, 2.05) is 0 Å². The average Bonchev–Trinajstić information content (AvgIpc) is 1.97. The average molecular weight is 615 g/mol. The first-order valence-electron chi connectivity index (χ1n) is 10.5. The monoisotopic (exact) mass is 615 g/mol. The van der Waals surface area contributed by atoms with Crippen molar-refractivity contribution in [3.8, 4) is 0 Å². The third-order valence-electron chi connectivity index (χ3n) is 4.50. The van der Waals surface area contributed by atoms with Crippen LogP contribution < -0.4 is 0 Å². The second-order valence-electron chi connectivity index (χ2n) is 14.2. The summed E-state index contributed by atoms with van der Waals surface area (Å²) in [5.41, 5.74) is 0. The topological polar surface area (TPSA) is 0 Å². The van der Waals surface area contributed by atoms with E-state index < -0.39 is 48.4 Å². The summed E-state index contributed by atoms with van der Waals surface area (Å²) in [6, 6.07) is 0. The van der Waals surface area contributed by atoms with Gasteiger partial charge in [0.25, 0.3) is 0 Å². The second-order valence-corrected chi connectivity index (χ2v) is 47.2. The van der Waals surface area contributed by atoms with E-state index in [1.165, 1.54) is 0 Å². The van der Waals surface area contributed by atoms with Crippen LogP contribution in [0.5, 0.6) is 0 Å². The predicted molar refractivity (Wildman–Crippen MR) is 147 cm³/mol. The molecule has 7 heteroatoms. The Kier molecular flexibility index (Phi) is 14.2. The molecule has 0 N–H and O–H groups in total. The Hall–Kier alpha value is 2.89. The second kappa shape index (κ2) is 11.1. The normalized spacial score (nSPS) is 14.7. The van der Waals surface area contributed by atoms with Crippen molar-refractivity contribution in [1.29, 1.82) is 0 Å². The van der Waals surface area contributed by atoms with Crippen LogP contribution in [0.4, 0.5) is 0 Å². The van der Waals surface area contributed by atoms with Crippen molar-refractivity contribution in [3.05, 3.63) is 9.58 Å². The van der Waals surface area contributed by atoms with Gasteiger partial charge in [-0.1, -0.05) is 118 Å². The molecular formula is C20H54EuSi6. The minimum atomic E-state index is -1.02. The SMILES string of the molecule is C[Si](C)(C)[C-]([Si](C)(C)C)[Si](C)(C)C.C[Si](C)(C)[C-]([Si](C)(C)C)[Si](C)(C)C.[Eu+2]. The van der Waals surface area contributed by atoms with E-state index >= 15 is 0 Å². The van der Waals surface area contributed by atoms with Crippen LogP contribution in [-0.4, -0.2) is 48.4 Å². The van der Waals surface area contributed by atoms with Gasteiger partial charge < -0.3 is 9.58 Å². The molecule has 0 atom stereocenters. The van der Waals surface area contributed by atoms with Gasteiger partial charge in [0, 0.05) is 0 Å². The smallest absolute Gasteiger partial charge is 0.311 e. The summed E-state index contributed by atoms with van der Waals surface area (Å²) in [5, 5.41) is 0. The standard InChI is InChI=1S/2C10H27Si3.Eu/c2*1-11(2,3)10(12(4,5)6)13(7,8)9;/h2*1-9H3;/q2*-1;+2. The summed E-state index contributed by atoms with van der Waals surface area (Å²) in [7, 11) is -6.10. The van der Waals surface area contributed by atoms with Gasteiger partial charge in [-0.05, 0) is 0 Å². The molecule has 0 saturated heterocycles. The zero-order chi connectivity index (χ0) is 22.2. The summed E-state index contributed by atoms with van der Waals surface area (Å²) in [5.74, 6) is 0. The van der Waals surface area contributed by atoms with E-state index in [0.29, 0.717) is 0 Å². The molecule has 0 saturated carbocycles. The van der Waals surface area contributed by atoms with Crippen molar-refractivity contribution < 1.29 is 49.4 Å². The molecule has 27 heavy (non-hydrogen) atoms. The molecule has 0 aliphatic rings. The molecule has 0 amide bonds. The molecule has 0 heterocycles. The summed E-state index contributed by atoms with van der Waals surface area (Å²) >= 11 is 0. The third-order valence-corrected chi connectivity index (χ3v) is 40.5. The van der Waals surface area contributed by atoms with E-state index in [9.17, 15) is 0 Å². The van der Waals surface area contributed by atoms with Crippen LogP contribution >= 0.6 is 0 Å². The van der Waals surface area contributed by atoms with Gasteiger partial charge in [-0.15, -0.1) is 48.4 Å². The quantitative estimate of drug-likeness (QED) is 0.208. The fraction of sp³-hybridized carbons (Fsp3) is 0.900. The maximum Gasteiger partial charge on any atom is 2.00 e. The van der Waals surface area contributed by atoms with Crippen molar-refractivity contribution in [3.63, 3.8) is 0 Å². The van der Waals surface area contributed by atoms with Crippen molar-refractivity contribution in [1.82, 2.24) is 0 Å². The zero-order valence-electron chi connectivity index (χ0n) is 22.4. The molecule has 0 unspecified atom stereocenters. The maximum absolute atomic E-state index is 2.53. The molecule has 0 aromatic rings. The fourth-order valence-electron chi connectivity index (χ4n) is 6.75. The van der Waals surface area contributed by atoms with Gasteiger partial charge in [-0.2, -0.15) is 0 Å². The van der Waals surface area contributed by atoms with Crippen LogP contribution in [0.1, 0.15) is 0 Å². The van der Waals surface area contributed by atoms with E-state index in [1.54, 1.807) is 0 Å². The van der Waals surface area contributed by atoms with E-state index in [0.717, 1.165) is 0 Å². The van der Waals surface area contributed by atoms with Crippen LogP contribution in [-0.2, 0) is 0 Å². The van der Waals surface area contributed by atoms with Crippen molar-refractivity contribution in [2.24, 2.45) is 0 Å². The number of rotatable bonds is 6. The van der Waals surface area contributed by atoms with Crippen LogP contribution in [0.25, 0.3) is 0 Å². The first-order valence-corrected chi connectivity index (χ1v) is 31.5.